The molecule has 1 aliphatic heterocycles. The molecule has 0 aliphatic carbocycles. The van der Waals surface area contributed by atoms with E-state index < -0.39 is 0 Å². The Morgan fingerprint density at radius 3 is 2.55 bits per heavy atom. The van der Waals surface area contributed by atoms with E-state index in [2.05, 4.69) is 38.9 Å². The molecule has 0 N–H and O–H groups in total. The lowest BCUT2D eigenvalue weighted by molar-refractivity contribution is 0.398. The van der Waals surface area contributed by atoms with E-state index in [9.17, 15) is 0 Å². The molecular weight excluding hydrogens is 134 g/mol. The van der Waals surface area contributed by atoms with Gasteiger partial charge in [0, 0.05) is 18.3 Å². The van der Waals surface area contributed by atoms with Gasteiger partial charge >= 0.3 is 0 Å². The minimum absolute atomic E-state index is 0.639. The van der Waals surface area contributed by atoms with Crippen LogP contribution in [0, 0.1) is 17.8 Å². The zero-order chi connectivity index (χ0) is 8.43. The molecule has 0 radical (unpaired) electrons. The number of allylic oxidation sites excluding steroid dienone is 1. The lowest BCUT2D eigenvalue weighted by Gasteiger charge is -2.26. The van der Waals surface area contributed by atoms with Crippen LogP contribution in [0.1, 0.15) is 27.7 Å². The molecule has 0 aromatic rings. The van der Waals surface area contributed by atoms with Crippen LogP contribution in [0.5, 0.6) is 0 Å². The minimum atomic E-state index is 0.639. The highest BCUT2D eigenvalue weighted by molar-refractivity contribution is 5.64. The predicted molar refractivity (Wildman–Crippen MR) is 49.7 cm³/mol. The molecule has 0 spiro atoms. The molecule has 0 aromatic carbocycles. The largest absolute Gasteiger partial charge is 0.269 e. The number of rotatable bonds is 1. The number of aliphatic imine (C=N–C) groups is 1. The molecule has 0 saturated carbocycles. The van der Waals surface area contributed by atoms with E-state index in [0.717, 1.165) is 0 Å². The van der Waals surface area contributed by atoms with Crippen LogP contribution in [0.25, 0.3) is 0 Å². The van der Waals surface area contributed by atoms with Crippen LogP contribution in [0.4, 0.5) is 0 Å². The molecule has 0 amide bonds. The van der Waals surface area contributed by atoms with Crippen LogP contribution in [0.3, 0.4) is 0 Å². The summed E-state index contributed by atoms with van der Waals surface area (Å²) in [4.78, 5) is 4.22. The van der Waals surface area contributed by atoms with Crippen molar-refractivity contribution in [2.24, 2.45) is 22.7 Å². The minimum Gasteiger partial charge on any atom is -0.269 e. The second-order valence-corrected chi connectivity index (χ2v) is 3.78. The van der Waals surface area contributed by atoms with Gasteiger partial charge in [-0.3, -0.25) is 4.99 Å². The summed E-state index contributed by atoms with van der Waals surface area (Å²) in [6.45, 7) is 8.95. The first-order valence-corrected chi connectivity index (χ1v) is 4.33. The molecule has 2 atom stereocenters. The Bertz CT molecular complexity index is 189. The Hall–Kier alpha value is -0.590. The summed E-state index contributed by atoms with van der Waals surface area (Å²) in [6, 6.07) is 0. The predicted octanol–water partition coefficient (Wildman–Crippen LogP) is 2.88. The Balaban J connectivity index is 2.73. The van der Waals surface area contributed by atoms with E-state index in [-0.39, 0.29) is 0 Å². The van der Waals surface area contributed by atoms with Gasteiger partial charge in [-0.15, -0.1) is 0 Å². The summed E-state index contributed by atoms with van der Waals surface area (Å²) in [5.41, 5.74) is 1.41. The first kappa shape index (κ1) is 8.51. The molecule has 1 rings (SSSR count). The van der Waals surface area contributed by atoms with E-state index in [1.165, 1.54) is 5.57 Å². The van der Waals surface area contributed by atoms with Crippen molar-refractivity contribution in [1.29, 1.82) is 0 Å². The maximum absolute atomic E-state index is 4.22. The van der Waals surface area contributed by atoms with Crippen LogP contribution in [0.15, 0.2) is 16.8 Å². The molecule has 1 aliphatic rings. The summed E-state index contributed by atoms with van der Waals surface area (Å²) in [5, 5.41) is 0. The van der Waals surface area contributed by atoms with Gasteiger partial charge in [0.15, 0.2) is 0 Å². The highest BCUT2D eigenvalue weighted by Crippen LogP contribution is 2.27. The van der Waals surface area contributed by atoms with E-state index in [1.807, 2.05) is 6.20 Å². The zero-order valence-corrected chi connectivity index (χ0v) is 7.83. The fourth-order valence-corrected chi connectivity index (χ4v) is 1.56. The van der Waals surface area contributed by atoms with E-state index in [1.54, 1.807) is 0 Å². The normalized spacial score (nSPS) is 30.8. The summed E-state index contributed by atoms with van der Waals surface area (Å²) >= 11 is 0. The average Bonchev–Trinajstić information content (AvgIpc) is 1.94. The third-order valence-electron chi connectivity index (χ3n) is 2.60. The fraction of sp³-hybridized carbons (Fsp3) is 0.700. The lowest BCUT2D eigenvalue weighted by atomic mass is 9.80. The van der Waals surface area contributed by atoms with Crippen molar-refractivity contribution in [2.45, 2.75) is 27.7 Å². The molecule has 2 unspecified atom stereocenters. The Morgan fingerprint density at radius 2 is 2.09 bits per heavy atom. The SMILES string of the molecule is CC1=CN=CC(C(C)C)C1C. The molecule has 62 valence electrons. The Labute approximate surface area is 69.2 Å². The zero-order valence-electron chi connectivity index (χ0n) is 7.83. The third-order valence-corrected chi connectivity index (χ3v) is 2.60. The molecule has 1 heterocycles. The Morgan fingerprint density at radius 1 is 1.45 bits per heavy atom. The van der Waals surface area contributed by atoms with Crippen LogP contribution in [-0.2, 0) is 0 Å². The second-order valence-electron chi connectivity index (χ2n) is 3.78. The van der Waals surface area contributed by atoms with Gasteiger partial charge < -0.3 is 0 Å². The quantitative estimate of drug-likeness (QED) is 0.546. The molecule has 11 heavy (non-hydrogen) atoms. The van der Waals surface area contributed by atoms with Crippen molar-refractivity contribution in [3.8, 4) is 0 Å². The van der Waals surface area contributed by atoms with Gasteiger partial charge in [0.25, 0.3) is 0 Å². The number of hydrogen-bond acceptors (Lipinski definition) is 1. The maximum atomic E-state index is 4.22. The molecule has 0 fully saturated rings. The average molecular weight is 151 g/mol. The molecular formula is C10H17N. The van der Waals surface area contributed by atoms with Gasteiger partial charge in [0.1, 0.15) is 0 Å². The van der Waals surface area contributed by atoms with Crippen LogP contribution in [-0.4, -0.2) is 6.21 Å². The van der Waals surface area contributed by atoms with Crippen molar-refractivity contribution < 1.29 is 0 Å². The maximum Gasteiger partial charge on any atom is 0.0256 e. The third kappa shape index (κ3) is 1.70. The van der Waals surface area contributed by atoms with Crippen LogP contribution in [0.2, 0.25) is 0 Å². The van der Waals surface area contributed by atoms with Crippen LogP contribution < -0.4 is 0 Å². The van der Waals surface area contributed by atoms with Crippen molar-refractivity contribution in [2.75, 3.05) is 0 Å². The molecule has 1 nitrogen and oxygen atoms in total. The topological polar surface area (TPSA) is 12.4 Å². The summed E-state index contributed by atoms with van der Waals surface area (Å²) in [5.74, 6) is 2.02. The second kappa shape index (κ2) is 3.21. The van der Waals surface area contributed by atoms with Gasteiger partial charge in [-0.1, -0.05) is 26.3 Å². The van der Waals surface area contributed by atoms with Crippen molar-refractivity contribution in [1.82, 2.24) is 0 Å². The van der Waals surface area contributed by atoms with Gasteiger partial charge in [0.05, 0.1) is 0 Å². The molecule has 0 aromatic heterocycles. The smallest absolute Gasteiger partial charge is 0.0256 e. The van der Waals surface area contributed by atoms with Gasteiger partial charge in [-0.05, 0) is 18.8 Å². The lowest BCUT2D eigenvalue weighted by Crippen LogP contribution is -2.22. The van der Waals surface area contributed by atoms with Crippen molar-refractivity contribution in [3.05, 3.63) is 11.8 Å². The van der Waals surface area contributed by atoms with Gasteiger partial charge in [-0.25, -0.2) is 0 Å². The van der Waals surface area contributed by atoms with E-state index >= 15 is 0 Å². The monoisotopic (exact) mass is 151 g/mol. The highest BCUT2D eigenvalue weighted by Gasteiger charge is 2.21. The Kier molecular flexibility index (Phi) is 2.48. The molecule has 1 heteroatoms. The van der Waals surface area contributed by atoms with Gasteiger partial charge in [0.2, 0.25) is 0 Å². The standard InChI is InChI=1S/C10H17N/c1-7(2)10-6-11-5-8(3)9(10)4/h5-7,9-10H,1-4H3. The summed E-state index contributed by atoms with van der Waals surface area (Å²) in [7, 11) is 0. The number of hydrogen-bond donors (Lipinski definition) is 0. The summed E-state index contributed by atoms with van der Waals surface area (Å²) < 4.78 is 0. The van der Waals surface area contributed by atoms with Crippen molar-refractivity contribution >= 4 is 6.21 Å². The molecule has 0 bridgehead atoms. The summed E-state index contributed by atoms with van der Waals surface area (Å²) in [6.07, 6.45) is 4.06. The first-order chi connectivity index (χ1) is 5.13. The highest BCUT2D eigenvalue weighted by atomic mass is 14.7. The van der Waals surface area contributed by atoms with Crippen molar-refractivity contribution in [3.63, 3.8) is 0 Å². The number of nitrogens with zero attached hydrogens (tertiary/aromatic N) is 1. The van der Waals surface area contributed by atoms with Gasteiger partial charge in [-0.2, -0.15) is 0 Å². The van der Waals surface area contributed by atoms with E-state index in [0.29, 0.717) is 17.8 Å². The van der Waals surface area contributed by atoms with E-state index in [4.69, 9.17) is 0 Å². The molecule has 0 saturated heterocycles. The fourth-order valence-electron chi connectivity index (χ4n) is 1.56. The van der Waals surface area contributed by atoms with Crippen LogP contribution >= 0.6 is 0 Å². The first-order valence-electron chi connectivity index (χ1n) is 4.33.